The Hall–Kier alpha value is -1.65. The normalized spacial score (nSPS) is 46.0. The van der Waals surface area contributed by atoms with Gasteiger partial charge >= 0.3 is 11.9 Å². The summed E-state index contributed by atoms with van der Waals surface area (Å²) in [6, 6.07) is 0. The van der Waals surface area contributed by atoms with E-state index in [1.165, 1.54) is 12.8 Å². The van der Waals surface area contributed by atoms with Gasteiger partial charge in [-0.1, -0.05) is 55.4 Å². The minimum atomic E-state index is -0.568. The SMILES string of the molecule is CC1(C)CC2C(=O)CC1C(C(=O)OC1CC3CCC1(C)C3(C)C)=C2C(=O)OC1CC2CCC1(C)C2(C)C. The summed E-state index contributed by atoms with van der Waals surface area (Å²) < 4.78 is 12.6. The van der Waals surface area contributed by atoms with Gasteiger partial charge in [0.2, 0.25) is 0 Å². The van der Waals surface area contributed by atoms with E-state index in [1.54, 1.807) is 0 Å². The molecule has 0 radical (unpaired) electrons. The highest BCUT2D eigenvalue weighted by Crippen LogP contribution is 2.68. The lowest BCUT2D eigenvalue weighted by Crippen LogP contribution is -2.50. The first kappa shape index (κ1) is 25.6. The van der Waals surface area contributed by atoms with E-state index in [9.17, 15) is 14.4 Å². The van der Waals surface area contributed by atoms with Crippen LogP contribution in [0.2, 0.25) is 0 Å². The average molecular weight is 511 g/mol. The highest BCUT2D eigenvalue weighted by Gasteiger charge is 2.65. The Morgan fingerprint density at radius 3 is 1.59 bits per heavy atom. The number of carbonyl (C=O) groups is 3. The van der Waals surface area contributed by atoms with Crippen LogP contribution in [0.15, 0.2) is 11.1 Å². The molecule has 5 fully saturated rings. The predicted octanol–water partition coefficient (Wildman–Crippen LogP) is 6.43. The Balaban J connectivity index is 1.33. The van der Waals surface area contributed by atoms with Crippen LogP contribution in [0.3, 0.4) is 0 Å². The van der Waals surface area contributed by atoms with Gasteiger partial charge in [0.25, 0.3) is 0 Å². The topological polar surface area (TPSA) is 69.7 Å². The van der Waals surface area contributed by atoms with Gasteiger partial charge in [-0.05, 0) is 73.0 Å². The second kappa shape index (κ2) is 7.50. The minimum Gasteiger partial charge on any atom is -0.458 e. The van der Waals surface area contributed by atoms with Gasteiger partial charge in [-0.15, -0.1) is 0 Å². The molecule has 0 aliphatic heterocycles. The zero-order valence-electron chi connectivity index (χ0n) is 24.2. The Morgan fingerprint density at radius 1 is 0.730 bits per heavy atom. The molecule has 5 heteroatoms. The van der Waals surface area contributed by atoms with Crippen molar-refractivity contribution in [2.24, 2.45) is 50.7 Å². The number of carbonyl (C=O) groups excluding carboxylic acids is 3. The van der Waals surface area contributed by atoms with Crippen molar-refractivity contribution in [3.05, 3.63) is 11.1 Å². The quantitative estimate of drug-likeness (QED) is 0.407. The van der Waals surface area contributed by atoms with Crippen molar-refractivity contribution in [2.75, 3.05) is 0 Å². The van der Waals surface area contributed by atoms with Crippen molar-refractivity contribution in [3.8, 4) is 0 Å². The smallest absolute Gasteiger partial charge is 0.335 e. The number of hydrogen-bond acceptors (Lipinski definition) is 5. The zero-order chi connectivity index (χ0) is 26.9. The number of ketones is 1. The fraction of sp³-hybridized carbons (Fsp3) is 0.844. The van der Waals surface area contributed by atoms with Crippen molar-refractivity contribution in [1.82, 2.24) is 0 Å². The van der Waals surface area contributed by atoms with Crippen molar-refractivity contribution in [1.29, 1.82) is 0 Å². The molecular formula is C32H46O5. The molecule has 0 aromatic rings. The molecular weight excluding hydrogens is 464 g/mol. The lowest BCUT2D eigenvalue weighted by molar-refractivity contribution is -0.160. The summed E-state index contributed by atoms with van der Waals surface area (Å²) in [5.74, 6) is -0.528. The molecule has 8 atom stereocenters. The van der Waals surface area contributed by atoms with Gasteiger partial charge < -0.3 is 9.47 Å². The Labute approximate surface area is 222 Å². The molecule has 37 heavy (non-hydrogen) atoms. The first-order chi connectivity index (χ1) is 17.0. The van der Waals surface area contributed by atoms with E-state index >= 15 is 0 Å². The van der Waals surface area contributed by atoms with E-state index in [2.05, 4.69) is 55.4 Å². The van der Waals surface area contributed by atoms with Crippen LogP contribution in [0.1, 0.15) is 107 Å². The monoisotopic (exact) mass is 510 g/mol. The summed E-state index contributed by atoms with van der Waals surface area (Å²) in [5.41, 5.74) is 0.631. The Kier molecular flexibility index (Phi) is 5.20. The van der Waals surface area contributed by atoms with Crippen LogP contribution < -0.4 is 0 Å². The van der Waals surface area contributed by atoms with Gasteiger partial charge in [-0.3, -0.25) is 4.79 Å². The number of esters is 2. The fourth-order valence-electron chi connectivity index (χ4n) is 10.0. The van der Waals surface area contributed by atoms with Crippen LogP contribution in [-0.2, 0) is 23.9 Å². The molecule has 7 rings (SSSR count). The minimum absolute atomic E-state index is 0.0587. The second-order valence-electron chi connectivity index (χ2n) is 15.8. The van der Waals surface area contributed by atoms with Gasteiger partial charge in [0.15, 0.2) is 0 Å². The molecule has 0 aromatic heterocycles. The van der Waals surface area contributed by atoms with Gasteiger partial charge in [0, 0.05) is 23.2 Å². The summed E-state index contributed by atoms with van der Waals surface area (Å²) in [4.78, 5) is 41.1. The number of rotatable bonds is 4. The number of ether oxygens (including phenoxy) is 2. The molecule has 7 aliphatic rings. The van der Waals surface area contributed by atoms with Gasteiger partial charge in [0.05, 0.1) is 17.1 Å². The summed E-state index contributed by atoms with van der Waals surface area (Å²) in [5, 5.41) is 0. The van der Waals surface area contributed by atoms with Crippen molar-refractivity contribution in [2.45, 2.75) is 119 Å². The highest BCUT2D eigenvalue weighted by molar-refractivity contribution is 6.08. The zero-order valence-corrected chi connectivity index (χ0v) is 24.2. The number of Topliss-reactive ketones (excluding diaryl/α,β-unsaturated/α-hetero) is 1. The average Bonchev–Trinajstić information content (AvgIpc) is 3.31. The van der Waals surface area contributed by atoms with Gasteiger partial charge in [-0.2, -0.15) is 0 Å². The van der Waals surface area contributed by atoms with Crippen LogP contribution in [0, 0.1) is 50.7 Å². The summed E-state index contributed by atoms with van der Waals surface area (Å²) >= 11 is 0. The highest BCUT2D eigenvalue weighted by atomic mass is 16.6. The van der Waals surface area contributed by atoms with Crippen LogP contribution in [-0.4, -0.2) is 29.9 Å². The van der Waals surface area contributed by atoms with E-state index in [-0.39, 0.29) is 57.0 Å². The Morgan fingerprint density at radius 2 is 1.19 bits per heavy atom. The first-order valence-corrected chi connectivity index (χ1v) is 14.7. The van der Waals surface area contributed by atoms with Crippen molar-refractivity contribution < 1.29 is 23.9 Å². The van der Waals surface area contributed by atoms with E-state index < -0.39 is 11.9 Å². The maximum Gasteiger partial charge on any atom is 0.335 e. The lowest BCUT2D eigenvalue weighted by Gasteiger charge is -2.48. The molecule has 5 nitrogen and oxygen atoms in total. The largest absolute Gasteiger partial charge is 0.458 e. The van der Waals surface area contributed by atoms with Gasteiger partial charge in [0.1, 0.15) is 18.0 Å². The predicted molar refractivity (Wildman–Crippen MR) is 140 cm³/mol. The molecule has 8 unspecified atom stereocenters. The van der Waals surface area contributed by atoms with Crippen LogP contribution in [0.5, 0.6) is 0 Å². The molecule has 7 aliphatic carbocycles. The first-order valence-electron chi connectivity index (χ1n) is 14.7. The van der Waals surface area contributed by atoms with Gasteiger partial charge in [-0.25, -0.2) is 9.59 Å². The number of fused-ring (bicyclic) bond motifs is 6. The van der Waals surface area contributed by atoms with E-state index in [0.29, 0.717) is 35.8 Å². The standard InChI is InChI=1S/C32H46O5/c1-28(2)16-19-21(33)15-20(28)25(27(35)37-23-14-18-10-12-32(23,8)30(18,5)6)24(19)26(34)36-22-13-17-9-11-31(22,7)29(17,3)4/h17-20,22-23H,9-16H2,1-8H3. The molecule has 6 bridgehead atoms. The van der Waals surface area contributed by atoms with E-state index in [1.807, 2.05) is 0 Å². The fourth-order valence-corrected chi connectivity index (χ4v) is 10.0. The van der Waals surface area contributed by atoms with Crippen LogP contribution in [0.4, 0.5) is 0 Å². The molecule has 0 N–H and O–H groups in total. The van der Waals surface area contributed by atoms with Crippen molar-refractivity contribution in [3.63, 3.8) is 0 Å². The molecule has 0 spiro atoms. The summed E-state index contributed by atoms with van der Waals surface area (Å²) in [6.45, 7) is 18.0. The third-order valence-corrected chi connectivity index (χ3v) is 13.8. The van der Waals surface area contributed by atoms with E-state index in [4.69, 9.17) is 9.47 Å². The second-order valence-corrected chi connectivity index (χ2v) is 15.8. The third kappa shape index (κ3) is 3.12. The molecule has 0 amide bonds. The molecule has 0 saturated heterocycles. The third-order valence-electron chi connectivity index (χ3n) is 13.8. The van der Waals surface area contributed by atoms with E-state index in [0.717, 1.165) is 25.7 Å². The molecule has 0 aromatic carbocycles. The summed E-state index contributed by atoms with van der Waals surface area (Å²) in [7, 11) is 0. The van der Waals surface area contributed by atoms with Crippen molar-refractivity contribution >= 4 is 17.7 Å². The molecule has 204 valence electrons. The molecule has 5 saturated carbocycles. The number of hydrogen-bond donors (Lipinski definition) is 0. The molecule has 0 heterocycles. The summed E-state index contributed by atoms with van der Waals surface area (Å²) in [6.07, 6.45) is 6.79. The maximum atomic E-state index is 14.0. The Bertz CT molecular complexity index is 1110. The van der Waals surface area contributed by atoms with Crippen LogP contribution in [0.25, 0.3) is 0 Å². The lowest BCUT2D eigenvalue weighted by atomic mass is 9.55. The van der Waals surface area contributed by atoms with Crippen LogP contribution >= 0.6 is 0 Å². The maximum absolute atomic E-state index is 14.0.